The fourth-order valence-corrected chi connectivity index (χ4v) is 1.50. The number of carboxylic acids is 2. The molecule has 2 rings (SSSR count). The number of benzene rings is 2. The zero-order valence-electron chi connectivity index (χ0n) is 10.1. The molecule has 80 valence electrons. The number of aromatic carboxylic acids is 2. The minimum Gasteiger partial charge on any atom is -0.545 e. The Kier molecular flexibility index (Phi) is 9.77. The maximum absolute atomic E-state index is 10.6. The molecule has 0 radical (unpaired) electrons. The number of fused-ring (bicyclic) bond motifs is 1. The standard InChI is InChI=1S/C12H8O4.2Cs/c13-11(14)9-3-1-7-5-10(12(15)16)4-2-8(7)6-9;;/h1-6H,(H,13,14)(H,15,16);;/q;2*+1/p-2. The summed E-state index contributed by atoms with van der Waals surface area (Å²) in [6.45, 7) is 0. The maximum Gasteiger partial charge on any atom is 1.00 e. The van der Waals surface area contributed by atoms with Crippen LogP contribution in [0.1, 0.15) is 20.7 Å². The first kappa shape index (κ1) is 19.7. The fourth-order valence-electron chi connectivity index (χ4n) is 1.50. The molecule has 4 nitrogen and oxygen atoms in total. The third-order valence-electron chi connectivity index (χ3n) is 2.31. The molecule has 0 saturated heterocycles. The second-order valence-corrected chi connectivity index (χ2v) is 3.35. The number of carbonyl (C=O) groups is 2. The maximum atomic E-state index is 10.6. The van der Waals surface area contributed by atoms with Crippen LogP contribution in [0.2, 0.25) is 0 Å². The minimum atomic E-state index is -1.26. The molecule has 0 bridgehead atoms. The van der Waals surface area contributed by atoms with Crippen molar-refractivity contribution >= 4 is 22.7 Å². The summed E-state index contributed by atoms with van der Waals surface area (Å²) in [4.78, 5) is 21.2. The summed E-state index contributed by atoms with van der Waals surface area (Å²) in [5, 5.41) is 22.5. The first-order chi connectivity index (χ1) is 7.58. The van der Waals surface area contributed by atoms with Crippen molar-refractivity contribution in [2.24, 2.45) is 0 Å². The molecule has 2 aromatic rings. The van der Waals surface area contributed by atoms with Crippen molar-refractivity contribution in [1.29, 1.82) is 0 Å². The summed E-state index contributed by atoms with van der Waals surface area (Å²) in [5.74, 6) is -2.52. The van der Waals surface area contributed by atoms with Gasteiger partial charge in [-0.25, -0.2) is 0 Å². The first-order valence-corrected chi connectivity index (χ1v) is 4.54. The molecule has 0 aliphatic heterocycles. The van der Waals surface area contributed by atoms with Crippen LogP contribution in [-0.2, 0) is 0 Å². The van der Waals surface area contributed by atoms with E-state index in [0.717, 1.165) is 0 Å². The van der Waals surface area contributed by atoms with Crippen LogP contribution in [0, 0.1) is 0 Å². The molecule has 0 aromatic heterocycles. The van der Waals surface area contributed by atoms with E-state index in [1.54, 1.807) is 0 Å². The molecule has 0 aliphatic rings. The Balaban J connectivity index is 0.00000144. The smallest absolute Gasteiger partial charge is 0.545 e. The SMILES string of the molecule is O=C([O-])c1ccc2cc(C(=O)[O-])ccc2c1.[Cs+].[Cs+]. The second kappa shape index (κ2) is 8.90. The monoisotopic (exact) mass is 480 g/mol. The summed E-state index contributed by atoms with van der Waals surface area (Å²) in [6, 6.07) is 8.68. The first-order valence-electron chi connectivity index (χ1n) is 4.54. The molecule has 0 fully saturated rings. The van der Waals surface area contributed by atoms with Crippen molar-refractivity contribution in [2.75, 3.05) is 0 Å². The zero-order chi connectivity index (χ0) is 11.7. The topological polar surface area (TPSA) is 80.3 Å². The molecule has 2 aromatic carbocycles. The van der Waals surface area contributed by atoms with Gasteiger partial charge in [0.05, 0.1) is 11.9 Å². The van der Waals surface area contributed by atoms with E-state index in [9.17, 15) is 19.8 Å². The number of hydrogen-bond acceptors (Lipinski definition) is 4. The molecule has 0 N–H and O–H groups in total. The Bertz CT molecular complexity index is 542. The summed E-state index contributed by atoms with van der Waals surface area (Å²) in [5.41, 5.74) is 0.127. The van der Waals surface area contributed by atoms with E-state index in [-0.39, 0.29) is 149 Å². The van der Waals surface area contributed by atoms with Gasteiger partial charge in [0.1, 0.15) is 0 Å². The van der Waals surface area contributed by atoms with Crippen molar-refractivity contribution < 1.29 is 158 Å². The summed E-state index contributed by atoms with van der Waals surface area (Å²) in [6.07, 6.45) is 0. The Hall–Kier alpha value is 1.74. The summed E-state index contributed by atoms with van der Waals surface area (Å²) >= 11 is 0. The van der Waals surface area contributed by atoms with E-state index in [1.165, 1.54) is 36.4 Å². The Labute approximate surface area is 221 Å². The summed E-state index contributed by atoms with van der Waals surface area (Å²) in [7, 11) is 0. The molecule has 18 heavy (non-hydrogen) atoms. The number of rotatable bonds is 2. The van der Waals surface area contributed by atoms with Crippen LogP contribution in [0.3, 0.4) is 0 Å². The van der Waals surface area contributed by atoms with Crippen LogP contribution >= 0.6 is 0 Å². The van der Waals surface area contributed by atoms with Gasteiger partial charge in [0.25, 0.3) is 0 Å². The second-order valence-electron chi connectivity index (χ2n) is 3.35. The fraction of sp³-hybridized carbons (Fsp3) is 0. The molecule has 6 heteroatoms. The van der Waals surface area contributed by atoms with Crippen molar-refractivity contribution in [3.8, 4) is 0 Å². The molecule has 0 atom stereocenters. The van der Waals surface area contributed by atoms with Crippen LogP contribution < -0.4 is 148 Å². The van der Waals surface area contributed by atoms with Gasteiger partial charge >= 0.3 is 138 Å². The van der Waals surface area contributed by atoms with Crippen LogP contribution in [0.15, 0.2) is 36.4 Å². The average Bonchev–Trinajstić information content (AvgIpc) is 2.27. The molecule has 0 unspecified atom stereocenters. The Morgan fingerprint density at radius 1 is 0.722 bits per heavy atom. The van der Waals surface area contributed by atoms with E-state index in [2.05, 4.69) is 0 Å². The van der Waals surface area contributed by atoms with Crippen LogP contribution in [-0.4, -0.2) is 11.9 Å². The van der Waals surface area contributed by atoms with Crippen molar-refractivity contribution in [2.45, 2.75) is 0 Å². The molecule has 0 spiro atoms. The van der Waals surface area contributed by atoms with Gasteiger partial charge in [-0.2, -0.15) is 0 Å². The van der Waals surface area contributed by atoms with Gasteiger partial charge in [0.2, 0.25) is 0 Å². The van der Waals surface area contributed by atoms with Gasteiger partial charge in [-0.3, -0.25) is 0 Å². The minimum absolute atomic E-state index is 0. The van der Waals surface area contributed by atoms with Crippen molar-refractivity contribution in [3.05, 3.63) is 47.5 Å². The predicted octanol–water partition coefficient (Wildman–Crippen LogP) is -6.43. The molecule has 0 amide bonds. The van der Waals surface area contributed by atoms with E-state index >= 15 is 0 Å². The predicted molar refractivity (Wildman–Crippen MR) is 52.6 cm³/mol. The van der Waals surface area contributed by atoms with E-state index in [0.29, 0.717) is 10.8 Å². The summed E-state index contributed by atoms with van der Waals surface area (Å²) < 4.78 is 0. The van der Waals surface area contributed by atoms with Gasteiger partial charge in [-0.1, -0.05) is 24.3 Å². The molecule has 0 saturated carbocycles. The van der Waals surface area contributed by atoms with E-state index < -0.39 is 11.9 Å². The average molecular weight is 480 g/mol. The zero-order valence-corrected chi connectivity index (χ0v) is 22.7. The van der Waals surface area contributed by atoms with Gasteiger partial charge in [-0.15, -0.1) is 0 Å². The quantitative estimate of drug-likeness (QED) is 0.429. The number of carbonyl (C=O) groups excluding carboxylic acids is 2. The van der Waals surface area contributed by atoms with Crippen LogP contribution in [0.5, 0.6) is 0 Å². The van der Waals surface area contributed by atoms with Crippen LogP contribution in [0.4, 0.5) is 0 Å². The molecular formula is C12H6Cs2O4. The van der Waals surface area contributed by atoms with Gasteiger partial charge in [0.15, 0.2) is 0 Å². The van der Waals surface area contributed by atoms with Gasteiger partial charge in [-0.05, 0) is 34.0 Å². The van der Waals surface area contributed by atoms with E-state index in [4.69, 9.17) is 0 Å². The Morgan fingerprint density at radius 2 is 1.06 bits per heavy atom. The van der Waals surface area contributed by atoms with E-state index in [1.807, 2.05) is 0 Å². The van der Waals surface area contributed by atoms with Gasteiger partial charge in [0, 0.05) is 0 Å². The van der Waals surface area contributed by atoms with Crippen molar-refractivity contribution in [3.63, 3.8) is 0 Å². The van der Waals surface area contributed by atoms with Crippen LogP contribution in [0.25, 0.3) is 10.8 Å². The van der Waals surface area contributed by atoms with Gasteiger partial charge < -0.3 is 19.8 Å². The van der Waals surface area contributed by atoms with Crippen molar-refractivity contribution in [1.82, 2.24) is 0 Å². The number of hydrogen-bond donors (Lipinski definition) is 0. The third-order valence-corrected chi connectivity index (χ3v) is 2.31. The third kappa shape index (κ3) is 4.94. The molecule has 0 aliphatic carbocycles. The largest absolute Gasteiger partial charge is 1.00 e. The normalized spacial score (nSPS) is 9.11. The molecule has 0 heterocycles. The number of carboxylic acid groups (broad SMARTS) is 2. The Morgan fingerprint density at radius 3 is 1.33 bits per heavy atom. The molecular weight excluding hydrogens is 474 g/mol.